The van der Waals surface area contributed by atoms with E-state index in [9.17, 15) is 5.26 Å². The quantitative estimate of drug-likeness (QED) is 0.245. The fourth-order valence-corrected chi connectivity index (χ4v) is 4.44. The van der Waals surface area contributed by atoms with Crippen LogP contribution in [0.25, 0.3) is 16.9 Å². The van der Waals surface area contributed by atoms with E-state index in [0.717, 1.165) is 28.2 Å². The summed E-state index contributed by atoms with van der Waals surface area (Å²) in [6.07, 6.45) is 1.80. The molecule has 8 nitrogen and oxygen atoms in total. The molecule has 2 aromatic heterocycles. The molecule has 0 unspecified atom stereocenters. The van der Waals surface area contributed by atoms with Gasteiger partial charge < -0.3 is 14.4 Å². The van der Waals surface area contributed by atoms with E-state index in [1.165, 1.54) is 0 Å². The Balaban J connectivity index is 1.64. The molecule has 0 bridgehead atoms. The van der Waals surface area contributed by atoms with Crippen LogP contribution in [0.4, 0.5) is 5.82 Å². The van der Waals surface area contributed by atoms with Gasteiger partial charge in [-0.05, 0) is 57.4 Å². The first kappa shape index (κ1) is 24.3. The zero-order chi connectivity index (χ0) is 25.8. The van der Waals surface area contributed by atoms with Gasteiger partial charge in [-0.2, -0.15) is 10.2 Å². The minimum Gasteiger partial charge on any atom is -0.497 e. The van der Waals surface area contributed by atoms with Crippen LogP contribution in [0.5, 0.6) is 11.5 Å². The molecule has 5 rings (SSSR count). The SMILES string of the molecule is COc1ccc(CN(Cc2ccc(OC)cc2)c2nc(-c3ccccc3C#N)cn3nc(Br)nc23)cc1. The molecule has 0 spiro atoms. The molecule has 0 radical (unpaired) electrons. The van der Waals surface area contributed by atoms with Crippen LogP contribution in [0.2, 0.25) is 0 Å². The molecular weight excluding hydrogens is 532 g/mol. The molecule has 0 N–H and O–H groups in total. The summed E-state index contributed by atoms with van der Waals surface area (Å²) >= 11 is 3.41. The lowest BCUT2D eigenvalue weighted by Gasteiger charge is -2.25. The second-order valence-corrected chi connectivity index (χ2v) is 9.02. The van der Waals surface area contributed by atoms with Crippen LogP contribution in [-0.4, -0.2) is 33.8 Å². The summed E-state index contributed by atoms with van der Waals surface area (Å²) in [6.45, 7) is 1.12. The van der Waals surface area contributed by atoms with Crippen molar-refractivity contribution in [3.63, 3.8) is 0 Å². The molecule has 2 heterocycles. The van der Waals surface area contributed by atoms with E-state index in [1.54, 1.807) is 31.0 Å². The fourth-order valence-electron chi connectivity index (χ4n) is 4.10. The smallest absolute Gasteiger partial charge is 0.218 e. The molecule has 0 atom stereocenters. The lowest BCUT2D eigenvalue weighted by molar-refractivity contribution is 0.414. The van der Waals surface area contributed by atoms with Gasteiger partial charge in [-0.15, -0.1) is 5.10 Å². The van der Waals surface area contributed by atoms with Crippen molar-refractivity contribution in [1.29, 1.82) is 5.26 Å². The van der Waals surface area contributed by atoms with E-state index in [1.807, 2.05) is 66.7 Å². The number of halogens is 1. The molecule has 0 saturated carbocycles. The third-order valence-corrected chi connectivity index (χ3v) is 6.30. The largest absolute Gasteiger partial charge is 0.497 e. The van der Waals surface area contributed by atoms with E-state index in [-0.39, 0.29) is 0 Å². The second-order valence-electron chi connectivity index (χ2n) is 8.31. The Morgan fingerprint density at radius 2 is 1.46 bits per heavy atom. The first-order chi connectivity index (χ1) is 18.1. The maximum absolute atomic E-state index is 9.70. The highest BCUT2D eigenvalue weighted by Crippen LogP contribution is 2.29. The first-order valence-electron chi connectivity index (χ1n) is 11.5. The first-order valence-corrected chi connectivity index (χ1v) is 12.3. The molecule has 184 valence electrons. The lowest BCUT2D eigenvalue weighted by atomic mass is 10.1. The number of nitriles is 1. The van der Waals surface area contributed by atoms with Gasteiger partial charge >= 0.3 is 0 Å². The fraction of sp³-hybridized carbons (Fsp3) is 0.143. The van der Waals surface area contributed by atoms with E-state index >= 15 is 0 Å². The van der Waals surface area contributed by atoms with Gasteiger partial charge in [-0.1, -0.05) is 42.5 Å². The molecule has 0 aliphatic heterocycles. The number of nitrogens with zero attached hydrogens (tertiary/aromatic N) is 6. The van der Waals surface area contributed by atoms with Crippen LogP contribution >= 0.6 is 15.9 Å². The molecule has 0 saturated heterocycles. The summed E-state index contributed by atoms with van der Waals surface area (Å²) in [6, 6.07) is 25.6. The minimum absolute atomic E-state index is 0.454. The third-order valence-electron chi connectivity index (χ3n) is 5.96. The highest BCUT2D eigenvalue weighted by Gasteiger charge is 2.20. The predicted molar refractivity (Wildman–Crippen MR) is 145 cm³/mol. The molecule has 3 aromatic carbocycles. The Bertz CT molecular complexity index is 1530. The Labute approximate surface area is 222 Å². The van der Waals surface area contributed by atoms with Gasteiger partial charge in [-0.3, -0.25) is 0 Å². The van der Waals surface area contributed by atoms with Crippen LogP contribution in [0.15, 0.2) is 83.7 Å². The number of anilines is 1. The van der Waals surface area contributed by atoms with Gasteiger partial charge in [0.05, 0.1) is 37.7 Å². The van der Waals surface area contributed by atoms with Crippen LogP contribution in [-0.2, 0) is 13.1 Å². The Morgan fingerprint density at radius 1 is 0.865 bits per heavy atom. The summed E-state index contributed by atoms with van der Waals surface area (Å²) in [5.41, 5.74) is 4.66. The monoisotopic (exact) mass is 554 g/mol. The van der Waals surface area contributed by atoms with E-state index in [4.69, 9.17) is 14.5 Å². The van der Waals surface area contributed by atoms with E-state index in [0.29, 0.717) is 40.5 Å². The summed E-state index contributed by atoms with van der Waals surface area (Å²) in [7, 11) is 3.30. The van der Waals surface area contributed by atoms with Gasteiger partial charge in [0.2, 0.25) is 4.73 Å². The molecule has 37 heavy (non-hydrogen) atoms. The standard InChI is InChI=1S/C28H23BrN6O2/c1-36-22-11-7-19(8-12-22)16-34(17-20-9-13-23(37-2)14-10-20)26-27-32-28(29)33-35(27)18-25(31-26)24-6-4-3-5-21(24)15-30/h3-14,18H,16-17H2,1-2H3. The molecule has 5 aromatic rings. The number of hydrogen-bond acceptors (Lipinski definition) is 7. The van der Waals surface area contributed by atoms with Crippen molar-refractivity contribution in [3.05, 3.63) is 100 Å². The maximum Gasteiger partial charge on any atom is 0.218 e. The Hall–Kier alpha value is -4.42. The minimum atomic E-state index is 0.454. The molecule has 0 aliphatic carbocycles. The number of hydrogen-bond donors (Lipinski definition) is 0. The summed E-state index contributed by atoms with van der Waals surface area (Å²) in [5, 5.41) is 14.2. The number of fused-ring (bicyclic) bond motifs is 1. The molecule has 9 heteroatoms. The second kappa shape index (κ2) is 10.7. The molecule has 0 aliphatic rings. The predicted octanol–water partition coefficient (Wildman–Crippen LogP) is 5.65. The van der Waals surface area contributed by atoms with Crippen LogP contribution < -0.4 is 14.4 Å². The molecule has 0 fully saturated rings. The highest BCUT2D eigenvalue weighted by molar-refractivity contribution is 9.10. The topological polar surface area (TPSA) is 88.6 Å². The zero-order valence-electron chi connectivity index (χ0n) is 20.3. The Morgan fingerprint density at radius 3 is 2.03 bits per heavy atom. The number of rotatable bonds is 8. The Kier molecular flexibility index (Phi) is 7.01. The summed E-state index contributed by atoms with van der Waals surface area (Å²) in [4.78, 5) is 11.8. The normalized spacial score (nSPS) is 10.8. The number of benzene rings is 3. The van der Waals surface area contributed by atoms with Crippen LogP contribution in [0.3, 0.4) is 0 Å². The number of methoxy groups -OCH3 is 2. The lowest BCUT2D eigenvalue weighted by Crippen LogP contribution is -2.24. The number of aromatic nitrogens is 4. The van der Waals surface area contributed by atoms with Crippen molar-refractivity contribution in [1.82, 2.24) is 19.6 Å². The highest BCUT2D eigenvalue weighted by atomic mass is 79.9. The van der Waals surface area contributed by atoms with Crippen molar-refractivity contribution in [3.8, 4) is 28.8 Å². The van der Waals surface area contributed by atoms with Gasteiger partial charge in [-0.25, -0.2) is 9.50 Å². The van der Waals surface area contributed by atoms with Crippen molar-refractivity contribution in [2.24, 2.45) is 0 Å². The molecule has 0 amide bonds. The third kappa shape index (κ3) is 5.25. The van der Waals surface area contributed by atoms with Gasteiger partial charge in [0.25, 0.3) is 0 Å². The van der Waals surface area contributed by atoms with Gasteiger partial charge in [0, 0.05) is 18.7 Å². The van der Waals surface area contributed by atoms with Crippen LogP contribution in [0, 0.1) is 11.3 Å². The van der Waals surface area contributed by atoms with Crippen molar-refractivity contribution >= 4 is 27.4 Å². The molecular formula is C28H23BrN6O2. The van der Waals surface area contributed by atoms with Gasteiger partial charge in [0.15, 0.2) is 11.5 Å². The average Bonchev–Trinajstić information content (AvgIpc) is 3.33. The van der Waals surface area contributed by atoms with E-state index < -0.39 is 0 Å². The van der Waals surface area contributed by atoms with E-state index in [2.05, 4.69) is 37.0 Å². The van der Waals surface area contributed by atoms with Gasteiger partial charge in [0.1, 0.15) is 11.5 Å². The zero-order valence-corrected chi connectivity index (χ0v) is 21.9. The maximum atomic E-state index is 9.70. The van der Waals surface area contributed by atoms with Crippen molar-refractivity contribution in [2.75, 3.05) is 19.1 Å². The van der Waals surface area contributed by atoms with Crippen molar-refractivity contribution < 1.29 is 9.47 Å². The summed E-state index contributed by atoms with van der Waals surface area (Å²) < 4.78 is 12.8. The number of ether oxygens (including phenoxy) is 2. The van der Waals surface area contributed by atoms with Crippen LogP contribution in [0.1, 0.15) is 16.7 Å². The summed E-state index contributed by atoms with van der Waals surface area (Å²) in [5.74, 6) is 2.24. The van der Waals surface area contributed by atoms with Crippen molar-refractivity contribution in [2.45, 2.75) is 13.1 Å². The average molecular weight is 555 g/mol.